The van der Waals surface area contributed by atoms with Gasteiger partial charge < -0.3 is 19.6 Å². The molecule has 1 aromatic rings. The predicted octanol–water partition coefficient (Wildman–Crippen LogP) is 0.903. The van der Waals surface area contributed by atoms with Crippen LogP contribution in [0.1, 0.15) is 10.4 Å². The average molecular weight is 346 g/mol. The molecule has 1 fully saturated rings. The van der Waals surface area contributed by atoms with Crippen molar-refractivity contribution in [2.75, 3.05) is 33.8 Å². The Morgan fingerprint density at radius 1 is 1.29 bits per heavy atom. The van der Waals surface area contributed by atoms with E-state index >= 15 is 0 Å². The Balaban J connectivity index is 2.08. The van der Waals surface area contributed by atoms with E-state index in [2.05, 4.69) is 0 Å². The standard InChI is InChI=1S/C15H17F3N2O4/c1-19(2)12(21)7-24-11-6-4-3-5-10(11)13(22)20-8-14(23,9-20)15(16,17)18/h3-6,23H,7-9H2,1-2H3. The lowest BCUT2D eigenvalue weighted by Crippen LogP contribution is -2.70. The van der Waals surface area contributed by atoms with Gasteiger partial charge in [0.25, 0.3) is 11.8 Å². The number of nitrogens with zero attached hydrogens (tertiary/aromatic N) is 2. The van der Waals surface area contributed by atoms with Crippen LogP contribution < -0.4 is 4.74 Å². The molecule has 1 N–H and O–H groups in total. The fourth-order valence-corrected chi connectivity index (χ4v) is 2.12. The Hall–Kier alpha value is -2.29. The minimum absolute atomic E-state index is 0.0354. The number of halogens is 3. The number of carbonyl (C=O) groups excluding carboxylic acids is 2. The molecule has 1 saturated heterocycles. The smallest absolute Gasteiger partial charge is 0.420 e. The maximum absolute atomic E-state index is 12.6. The van der Waals surface area contributed by atoms with Crippen molar-refractivity contribution in [3.8, 4) is 5.75 Å². The summed E-state index contributed by atoms with van der Waals surface area (Å²) in [5.74, 6) is -0.926. The summed E-state index contributed by atoms with van der Waals surface area (Å²) in [6, 6.07) is 5.95. The molecule has 1 aliphatic heterocycles. The maximum atomic E-state index is 12.6. The first-order valence-corrected chi connectivity index (χ1v) is 7.05. The molecule has 132 valence electrons. The van der Waals surface area contributed by atoms with E-state index < -0.39 is 30.8 Å². The molecule has 0 aliphatic carbocycles. The number of hydrogen-bond acceptors (Lipinski definition) is 4. The zero-order chi connectivity index (χ0) is 18.1. The first kappa shape index (κ1) is 18.1. The highest BCUT2D eigenvalue weighted by molar-refractivity contribution is 5.97. The summed E-state index contributed by atoms with van der Waals surface area (Å²) < 4.78 is 43.2. The number of rotatable bonds is 4. The maximum Gasteiger partial charge on any atom is 0.420 e. The topological polar surface area (TPSA) is 70.1 Å². The molecular weight excluding hydrogens is 329 g/mol. The number of β-amino-alcohol motifs (C(OH)–C–C–N with tert-alkyl or cyclic N) is 1. The highest BCUT2D eigenvalue weighted by Gasteiger charge is 2.62. The molecule has 24 heavy (non-hydrogen) atoms. The molecule has 1 heterocycles. The van der Waals surface area contributed by atoms with E-state index in [4.69, 9.17) is 4.74 Å². The second-order valence-electron chi connectivity index (χ2n) is 5.76. The van der Waals surface area contributed by atoms with Gasteiger partial charge in [-0.3, -0.25) is 9.59 Å². The van der Waals surface area contributed by atoms with Crippen molar-refractivity contribution in [2.24, 2.45) is 0 Å². The number of ether oxygens (including phenoxy) is 1. The third-order valence-electron chi connectivity index (χ3n) is 3.69. The third-order valence-corrected chi connectivity index (χ3v) is 3.69. The van der Waals surface area contributed by atoms with Crippen molar-refractivity contribution < 1.29 is 32.6 Å². The largest absolute Gasteiger partial charge is 0.483 e. The number of para-hydroxylation sites is 1. The van der Waals surface area contributed by atoms with Crippen LogP contribution >= 0.6 is 0 Å². The van der Waals surface area contributed by atoms with E-state index in [9.17, 15) is 27.9 Å². The van der Waals surface area contributed by atoms with Crippen LogP contribution in [0.25, 0.3) is 0 Å². The van der Waals surface area contributed by atoms with Crippen LogP contribution in [0, 0.1) is 0 Å². The molecule has 0 unspecified atom stereocenters. The summed E-state index contributed by atoms with van der Waals surface area (Å²) in [5, 5.41) is 9.42. The number of likely N-dealkylation sites (N-methyl/N-ethyl adjacent to an activating group) is 1. The van der Waals surface area contributed by atoms with Gasteiger partial charge in [-0.05, 0) is 12.1 Å². The van der Waals surface area contributed by atoms with Gasteiger partial charge in [0.1, 0.15) is 5.75 Å². The summed E-state index contributed by atoms with van der Waals surface area (Å²) in [4.78, 5) is 26.0. The minimum atomic E-state index is -4.79. The molecule has 2 amide bonds. The van der Waals surface area contributed by atoms with Crippen LogP contribution in [0.5, 0.6) is 5.75 Å². The zero-order valence-corrected chi connectivity index (χ0v) is 13.1. The number of amides is 2. The lowest BCUT2D eigenvalue weighted by atomic mass is 9.92. The van der Waals surface area contributed by atoms with Gasteiger partial charge in [-0.25, -0.2) is 0 Å². The molecule has 9 heteroatoms. The molecule has 0 spiro atoms. The quantitative estimate of drug-likeness (QED) is 0.880. The molecule has 2 rings (SSSR count). The Morgan fingerprint density at radius 3 is 2.42 bits per heavy atom. The fourth-order valence-electron chi connectivity index (χ4n) is 2.12. The molecule has 0 atom stereocenters. The summed E-state index contributed by atoms with van der Waals surface area (Å²) >= 11 is 0. The van der Waals surface area contributed by atoms with Gasteiger partial charge in [-0.15, -0.1) is 0 Å². The first-order valence-electron chi connectivity index (χ1n) is 7.05. The highest BCUT2D eigenvalue weighted by atomic mass is 19.4. The fraction of sp³-hybridized carbons (Fsp3) is 0.467. The second kappa shape index (κ2) is 6.31. The van der Waals surface area contributed by atoms with Crippen LogP contribution in [-0.4, -0.2) is 72.3 Å². The summed E-state index contributed by atoms with van der Waals surface area (Å²) in [7, 11) is 3.08. The van der Waals surface area contributed by atoms with Crippen molar-refractivity contribution in [2.45, 2.75) is 11.8 Å². The van der Waals surface area contributed by atoms with Crippen molar-refractivity contribution in [1.82, 2.24) is 9.80 Å². The Morgan fingerprint density at radius 2 is 1.88 bits per heavy atom. The molecule has 1 aliphatic rings. The number of hydrogen-bond donors (Lipinski definition) is 1. The van der Waals surface area contributed by atoms with Crippen LogP contribution in [0.15, 0.2) is 24.3 Å². The van der Waals surface area contributed by atoms with Crippen LogP contribution in [0.4, 0.5) is 13.2 Å². The van der Waals surface area contributed by atoms with E-state index in [1.54, 1.807) is 20.2 Å². The second-order valence-corrected chi connectivity index (χ2v) is 5.76. The van der Waals surface area contributed by atoms with Gasteiger partial charge >= 0.3 is 6.18 Å². The van der Waals surface area contributed by atoms with Gasteiger partial charge in [0.05, 0.1) is 18.7 Å². The molecule has 0 bridgehead atoms. The monoisotopic (exact) mass is 346 g/mol. The zero-order valence-electron chi connectivity index (χ0n) is 13.1. The molecule has 0 saturated carbocycles. The number of aliphatic hydroxyl groups is 1. The van der Waals surface area contributed by atoms with Gasteiger partial charge in [0, 0.05) is 14.1 Å². The normalized spacial score (nSPS) is 16.3. The first-order chi connectivity index (χ1) is 11.0. The lowest BCUT2D eigenvalue weighted by Gasteiger charge is -2.46. The average Bonchev–Trinajstić information content (AvgIpc) is 2.47. The Kier molecular flexibility index (Phi) is 4.75. The molecule has 0 aromatic heterocycles. The van der Waals surface area contributed by atoms with E-state index in [-0.39, 0.29) is 23.8 Å². The van der Waals surface area contributed by atoms with Gasteiger partial charge in [0.2, 0.25) is 0 Å². The summed E-state index contributed by atoms with van der Waals surface area (Å²) in [6.07, 6.45) is -4.79. The summed E-state index contributed by atoms with van der Waals surface area (Å²) in [5.41, 5.74) is -2.84. The number of likely N-dealkylation sites (tertiary alicyclic amines) is 1. The molecule has 6 nitrogen and oxygen atoms in total. The van der Waals surface area contributed by atoms with Crippen molar-refractivity contribution >= 4 is 11.8 Å². The van der Waals surface area contributed by atoms with E-state index in [0.717, 1.165) is 4.90 Å². The number of alkyl halides is 3. The molecular formula is C15H17F3N2O4. The van der Waals surface area contributed by atoms with E-state index in [1.165, 1.54) is 23.1 Å². The van der Waals surface area contributed by atoms with Crippen LogP contribution in [-0.2, 0) is 4.79 Å². The van der Waals surface area contributed by atoms with Crippen molar-refractivity contribution in [3.05, 3.63) is 29.8 Å². The molecule has 1 aromatic carbocycles. The van der Waals surface area contributed by atoms with Crippen molar-refractivity contribution in [3.63, 3.8) is 0 Å². The predicted molar refractivity (Wildman–Crippen MR) is 77.5 cm³/mol. The van der Waals surface area contributed by atoms with Gasteiger partial charge in [-0.2, -0.15) is 13.2 Å². The number of carbonyl (C=O) groups is 2. The van der Waals surface area contributed by atoms with Crippen LogP contribution in [0.2, 0.25) is 0 Å². The summed E-state index contributed by atoms with van der Waals surface area (Å²) in [6.45, 7) is -1.97. The Labute approximate surface area is 136 Å². The van der Waals surface area contributed by atoms with Gasteiger partial charge in [0.15, 0.2) is 12.2 Å². The minimum Gasteiger partial charge on any atom is -0.483 e. The number of benzene rings is 1. The lowest BCUT2D eigenvalue weighted by molar-refractivity contribution is -0.294. The van der Waals surface area contributed by atoms with E-state index in [0.29, 0.717) is 0 Å². The van der Waals surface area contributed by atoms with Crippen LogP contribution in [0.3, 0.4) is 0 Å². The molecule has 0 radical (unpaired) electrons. The van der Waals surface area contributed by atoms with E-state index in [1.807, 2.05) is 0 Å². The SMILES string of the molecule is CN(C)C(=O)COc1ccccc1C(=O)N1CC(O)(C(F)(F)F)C1. The highest BCUT2D eigenvalue weighted by Crippen LogP contribution is 2.38. The third kappa shape index (κ3) is 3.45. The Bertz CT molecular complexity index is 640. The van der Waals surface area contributed by atoms with Crippen molar-refractivity contribution in [1.29, 1.82) is 0 Å². The van der Waals surface area contributed by atoms with Gasteiger partial charge in [-0.1, -0.05) is 12.1 Å².